The molecule has 2 aromatic carbocycles. The van der Waals surface area contributed by atoms with Crippen LogP contribution < -0.4 is 5.32 Å². The lowest BCUT2D eigenvalue weighted by Gasteiger charge is -2.37. The van der Waals surface area contributed by atoms with Gasteiger partial charge in [-0.15, -0.1) is 0 Å². The molecule has 6 heteroatoms. The highest BCUT2D eigenvalue weighted by atomic mass is 79.9. The number of hydrogen-bond donors (Lipinski definition) is 1. The Kier molecular flexibility index (Phi) is 3.85. The number of benzene rings is 2. The highest BCUT2D eigenvalue weighted by molar-refractivity contribution is 9.10. The monoisotopic (exact) mass is 404 g/mol. The van der Waals surface area contributed by atoms with Gasteiger partial charge in [0.05, 0.1) is 27.2 Å². The van der Waals surface area contributed by atoms with Gasteiger partial charge in [0.1, 0.15) is 0 Å². The molecular formula is C18H14BrClN2O2. The molecular weight excluding hydrogens is 392 g/mol. The van der Waals surface area contributed by atoms with Crippen molar-refractivity contribution in [1.29, 1.82) is 0 Å². The first kappa shape index (κ1) is 15.7. The number of fused-ring (bicyclic) bond motifs is 3. The van der Waals surface area contributed by atoms with Gasteiger partial charge in [0.2, 0.25) is 0 Å². The maximum absolute atomic E-state index is 11.5. The lowest BCUT2D eigenvalue weighted by atomic mass is 9.76. The van der Waals surface area contributed by atoms with Crippen LogP contribution >= 0.6 is 27.5 Å². The number of nitro benzene ring substituents is 1. The maximum atomic E-state index is 11.5. The van der Waals surface area contributed by atoms with E-state index in [2.05, 4.69) is 45.5 Å². The van der Waals surface area contributed by atoms with E-state index in [0.717, 1.165) is 16.5 Å². The van der Waals surface area contributed by atoms with Crippen molar-refractivity contribution >= 4 is 38.9 Å². The van der Waals surface area contributed by atoms with E-state index in [-0.39, 0.29) is 28.5 Å². The first-order valence-electron chi connectivity index (χ1n) is 7.71. The summed E-state index contributed by atoms with van der Waals surface area (Å²) in [4.78, 5) is 11.2. The quantitative estimate of drug-likeness (QED) is 0.388. The fraction of sp³-hybridized carbons (Fsp3) is 0.222. The van der Waals surface area contributed by atoms with Crippen molar-refractivity contribution < 1.29 is 4.92 Å². The van der Waals surface area contributed by atoms with Gasteiger partial charge in [-0.3, -0.25) is 10.1 Å². The molecule has 2 aromatic rings. The number of rotatable bonds is 2. The average Bonchev–Trinajstić information content (AvgIpc) is 3.04. The molecule has 1 aliphatic carbocycles. The summed E-state index contributed by atoms with van der Waals surface area (Å²) in [5, 5.41) is 15.5. The molecule has 1 heterocycles. The molecule has 0 bridgehead atoms. The summed E-state index contributed by atoms with van der Waals surface area (Å²) in [6.07, 6.45) is 5.08. The predicted molar refractivity (Wildman–Crippen MR) is 98.6 cm³/mol. The Hall–Kier alpha value is -1.85. The number of nitrogens with one attached hydrogen (secondary N) is 1. The van der Waals surface area contributed by atoms with Gasteiger partial charge in [-0.25, -0.2) is 0 Å². The highest BCUT2D eigenvalue weighted by Gasteiger charge is 2.42. The minimum Gasteiger partial charge on any atom is -0.376 e. The van der Waals surface area contributed by atoms with Crippen molar-refractivity contribution in [2.24, 2.45) is 5.92 Å². The van der Waals surface area contributed by atoms with Gasteiger partial charge in [0, 0.05) is 16.5 Å². The Morgan fingerprint density at radius 3 is 2.88 bits per heavy atom. The van der Waals surface area contributed by atoms with E-state index in [1.807, 2.05) is 12.1 Å². The number of halogens is 2. The normalized spacial score (nSPS) is 24.2. The van der Waals surface area contributed by atoms with E-state index in [4.69, 9.17) is 11.6 Å². The van der Waals surface area contributed by atoms with E-state index < -0.39 is 0 Å². The maximum Gasteiger partial charge on any atom is 0.275 e. The molecule has 0 spiro atoms. The summed E-state index contributed by atoms with van der Waals surface area (Å²) in [5.74, 6) is 0.244. The zero-order valence-electron chi connectivity index (χ0n) is 12.6. The molecule has 4 rings (SSSR count). The Labute approximate surface area is 152 Å². The standard InChI is InChI=1S/C18H14BrClN2O2/c19-11-4-1-3-10(9-11)17-13-6-2-5-12(13)16-15(22(23)24)8-7-14(20)18(16)21-17/h1-5,7-9,12-13,17,21H,6H2/t12-,13-,17+/m1/s1. The summed E-state index contributed by atoms with van der Waals surface area (Å²) in [6.45, 7) is 0. The summed E-state index contributed by atoms with van der Waals surface area (Å²) >= 11 is 9.89. The molecule has 2 aliphatic rings. The molecule has 0 unspecified atom stereocenters. The molecule has 122 valence electrons. The van der Waals surface area contributed by atoms with Crippen molar-refractivity contribution in [3.8, 4) is 0 Å². The van der Waals surface area contributed by atoms with Crippen molar-refractivity contribution in [3.05, 3.63) is 79.3 Å². The number of anilines is 1. The van der Waals surface area contributed by atoms with Crippen molar-refractivity contribution in [3.63, 3.8) is 0 Å². The average molecular weight is 406 g/mol. The second-order valence-corrected chi connectivity index (χ2v) is 7.47. The molecule has 0 aromatic heterocycles. The second-order valence-electron chi connectivity index (χ2n) is 6.14. The molecule has 0 radical (unpaired) electrons. The third-order valence-electron chi connectivity index (χ3n) is 4.85. The number of hydrogen-bond acceptors (Lipinski definition) is 3. The highest BCUT2D eigenvalue weighted by Crippen LogP contribution is 2.54. The zero-order valence-corrected chi connectivity index (χ0v) is 14.9. The first-order chi connectivity index (χ1) is 11.6. The minimum absolute atomic E-state index is 0.00401. The Bertz CT molecular complexity index is 868. The third-order valence-corrected chi connectivity index (χ3v) is 5.66. The minimum atomic E-state index is -0.320. The van der Waals surface area contributed by atoms with Gasteiger partial charge in [-0.05, 0) is 36.1 Å². The van der Waals surface area contributed by atoms with E-state index in [9.17, 15) is 10.1 Å². The van der Waals surface area contributed by atoms with Crippen LogP contribution in [0.3, 0.4) is 0 Å². The van der Waals surface area contributed by atoms with Crippen LogP contribution in [0.4, 0.5) is 11.4 Å². The van der Waals surface area contributed by atoms with Crippen LogP contribution in [0, 0.1) is 16.0 Å². The molecule has 1 N–H and O–H groups in total. The van der Waals surface area contributed by atoms with Crippen LogP contribution in [-0.4, -0.2) is 4.92 Å². The Balaban J connectivity index is 1.88. The van der Waals surface area contributed by atoms with Gasteiger partial charge in [-0.1, -0.05) is 51.8 Å². The molecule has 24 heavy (non-hydrogen) atoms. The largest absolute Gasteiger partial charge is 0.376 e. The molecule has 1 aliphatic heterocycles. The summed E-state index contributed by atoms with van der Waals surface area (Å²) in [7, 11) is 0. The summed E-state index contributed by atoms with van der Waals surface area (Å²) in [6, 6.07) is 11.3. The molecule has 0 fully saturated rings. The fourth-order valence-corrected chi connectivity index (χ4v) is 4.48. The Morgan fingerprint density at radius 1 is 1.29 bits per heavy atom. The van der Waals surface area contributed by atoms with Gasteiger partial charge in [0.15, 0.2) is 0 Å². The molecule has 3 atom stereocenters. The first-order valence-corrected chi connectivity index (χ1v) is 8.89. The van der Waals surface area contributed by atoms with Crippen molar-refractivity contribution in [2.45, 2.75) is 18.4 Å². The number of nitrogens with zero attached hydrogens (tertiary/aromatic N) is 1. The van der Waals surface area contributed by atoms with Gasteiger partial charge < -0.3 is 5.32 Å². The SMILES string of the molecule is O=[N+]([O-])c1ccc(Cl)c2c1[C@@H]1C=CC[C@H]1[C@H](c1cccc(Br)c1)N2. The van der Waals surface area contributed by atoms with Crippen molar-refractivity contribution in [2.75, 3.05) is 5.32 Å². The van der Waals surface area contributed by atoms with Gasteiger partial charge in [0.25, 0.3) is 5.69 Å². The molecule has 0 amide bonds. The second kappa shape index (κ2) is 5.90. The van der Waals surface area contributed by atoms with Crippen LogP contribution in [0.15, 0.2) is 53.0 Å². The molecule has 4 nitrogen and oxygen atoms in total. The lowest BCUT2D eigenvalue weighted by Crippen LogP contribution is -2.29. The van der Waals surface area contributed by atoms with Crippen LogP contribution in [0.25, 0.3) is 0 Å². The van der Waals surface area contributed by atoms with E-state index >= 15 is 0 Å². The number of allylic oxidation sites excluding steroid dienone is 2. The van der Waals surface area contributed by atoms with Gasteiger partial charge >= 0.3 is 0 Å². The molecule has 0 saturated carbocycles. The lowest BCUT2D eigenvalue weighted by molar-refractivity contribution is -0.385. The van der Waals surface area contributed by atoms with E-state index in [1.165, 1.54) is 6.07 Å². The molecule has 0 saturated heterocycles. The van der Waals surface area contributed by atoms with Crippen molar-refractivity contribution in [1.82, 2.24) is 0 Å². The third kappa shape index (κ3) is 2.43. The van der Waals surface area contributed by atoms with Crippen LogP contribution in [0.2, 0.25) is 5.02 Å². The van der Waals surface area contributed by atoms with Crippen LogP contribution in [0.5, 0.6) is 0 Å². The van der Waals surface area contributed by atoms with E-state index in [1.54, 1.807) is 6.07 Å². The topological polar surface area (TPSA) is 55.2 Å². The Morgan fingerprint density at radius 2 is 2.12 bits per heavy atom. The van der Waals surface area contributed by atoms with Crippen LogP contribution in [0.1, 0.15) is 29.5 Å². The van der Waals surface area contributed by atoms with E-state index in [0.29, 0.717) is 16.3 Å². The number of nitro groups is 1. The fourth-order valence-electron chi connectivity index (χ4n) is 3.84. The van der Waals surface area contributed by atoms with Crippen LogP contribution in [-0.2, 0) is 0 Å². The summed E-state index contributed by atoms with van der Waals surface area (Å²) < 4.78 is 1.01. The predicted octanol–water partition coefficient (Wildman–Crippen LogP) is 5.84. The summed E-state index contributed by atoms with van der Waals surface area (Å²) in [5.41, 5.74) is 2.67. The smallest absolute Gasteiger partial charge is 0.275 e. The van der Waals surface area contributed by atoms with Gasteiger partial charge in [-0.2, -0.15) is 0 Å². The zero-order chi connectivity index (χ0) is 16.8.